The Balaban J connectivity index is 2.86. The number of hydrogen-bond acceptors (Lipinski definition) is 3. The maximum atomic E-state index is 11.7. The molecule has 2 rings (SSSR count). The normalized spacial score (nSPS) is 10.8. The Morgan fingerprint density at radius 3 is 2.88 bits per heavy atom. The molecule has 0 radical (unpaired) electrons. The third-order valence-corrected chi connectivity index (χ3v) is 2.91. The minimum absolute atomic E-state index is 0.391. The highest BCUT2D eigenvalue weighted by Gasteiger charge is 2.18. The lowest BCUT2D eigenvalue weighted by Gasteiger charge is -2.06. The second-order valence-corrected chi connectivity index (χ2v) is 3.99. The molecule has 0 amide bonds. The maximum absolute atomic E-state index is 11.7. The van der Waals surface area contributed by atoms with Crippen molar-refractivity contribution >= 4 is 28.5 Å². The number of ether oxygens (including phenoxy) is 1. The van der Waals surface area contributed by atoms with Gasteiger partial charge in [0, 0.05) is 23.7 Å². The number of aryl methyl sites for hydroxylation is 1. The topological polar surface area (TPSA) is 44.1 Å². The third-order valence-electron chi connectivity index (χ3n) is 2.51. The largest absolute Gasteiger partial charge is 0.465 e. The first-order valence-corrected chi connectivity index (χ1v) is 5.13. The van der Waals surface area contributed by atoms with Crippen LogP contribution in [-0.2, 0) is 11.8 Å². The zero-order chi connectivity index (χ0) is 11.9. The van der Waals surface area contributed by atoms with Gasteiger partial charge in [0.25, 0.3) is 0 Å². The van der Waals surface area contributed by atoms with E-state index in [1.54, 1.807) is 30.9 Å². The van der Waals surface area contributed by atoms with E-state index in [1.807, 2.05) is 0 Å². The van der Waals surface area contributed by atoms with Gasteiger partial charge >= 0.3 is 5.97 Å². The Morgan fingerprint density at radius 2 is 2.25 bits per heavy atom. The number of hydrogen-bond donors (Lipinski definition) is 0. The number of aromatic nitrogens is 2. The fraction of sp³-hybridized carbons (Fsp3) is 0.273. The molecule has 0 bridgehead atoms. The van der Waals surface area contributed by atoms with Crippen LogP contribution in [-0.4, -0.2) is 22.9 Å². The summed E-state index contributed by atoms with van der Waals surface area (Å²) in [6.07, 6.45) is 1.78. The predicted octanol–water partition coefficient (Wildman–Crippen LogP) is 2.32. The van der Waals surface area contributed by atoms with E-state index in [9.17, 15) is 4.79 Å². The van der Waals surface area contributed by atoms with Gasteiger partial charge in [0.2, 0.25) is 0 Å². The molecule has 0 aliphatic heterocycles. The van der Waals surface area contributed by atoms with Gasteiger partial charge in [-0.3, -0.25) is 4.68 Å². The summed E-state index contributed by atoms with van der Waals surface area (Å²) in [5, 5.41) is 5.50. The molecule has 0 fully saturated rings. The lowest BCUT2D eigenvalue weighted by Crippen LogP contribution is -2.04. The molecule has 2 aromatic rings. The summed E-state index contributed by atoms with van der Waals surface area (Å²) in [6.45, 7) is 1.79. The number of rotatable bonds is 1. The van der Waals surface area contributed by atoms with Crippen LogP contribution in [0.15, 0.2) is 12.3 Å². The molecule has 0 saturated carbocycles. The molecule has 0 atom stereocenters. The quantitative estimate of drug-likeness (QED) is 0.717. The van der Waals surface area contributed by atoms with E-state index in [2.05, 4.69) is 5.10 Å². The van der Waals surface area contributed by atoms with Crippen LogP contribution in [0.1, 0.15) is 15.9 Å². The van der Waals surface area contributed by atoms with Gasteiger partial charge in [-0.2, -0.15) is 5.10 Å². The highest BCUT2D eigenvalue weighted by Crippen LogP contribution is 2.28. The monoisotopic (exact) mass is 238 g/mol. The number of halogens is 1. The van der Waals surface area contributed by atoms with Crippen molar-refractivity contribution in [3.63, 3.8) is 0 Å². The Kier molecular flexibility index (Phi) is 2.59. The van der Waals surface area contributed by atoms with Crippen molar-refractivity contribution < 1.29 is 9.53 Å². The highest BCUT2D eigenvalue weighted by atomic mass is 35.5. The van der Waals surface area contributed by atoms with Crippen molar-refractivity contribution in [2.24, 2.45) is 7.05 Å². The first-order valence-electron chi connectivity index (χ1n) is 4.75. The van der Waals surface area contributed by atoms with Crippen molar-refractivity contribution in [1.29, 1.82) is 0 Å². The summed E-state index contributed by atoms with van der Waals surface area (Å²) in [4.78, 5) is 11.7. The molecule has 4 nitrogen and oxygen atoms in total. The van der Waals surface area contributed by atoms with Gasteiger partial charge in [-0.1, -0.05) is 11.6 Å². The second-order valence-electron chi connectivity index (χ2n) is 3.59. The van der Waals surface area contributed by atoms with Crippen molar-refractivity contribution in [2.75, 3.05) is 7.11 Å². The second kappa shape index (κ2) is 3.79. The number of esters is 1. The number of carbonyl (C=O) groups excluding carboxylic acids is 1. The third kappa shape index (κ3) is 1.55. The summed E-state index contributed by atoms with van der Waals surface area (Å²) in [6, 6.07) is 1.75. The molecule has 0 unspecified atom stereocenters. The lowest BCUT2D eigenvalue weighted by molar-refractivity contribution is 0.0602. The predicted molar refractivity (Wildman–Crippen MR) is 61.8 cm³/mol. The van der Waals surface area contributed by atoms with Crippen molar-refractivity contribution in [1.82, 2.24) is 9.78 Å². The van der Waals surface area contributed by atoms with E-state index in [0.29, 0.717) is 21.7 Å². The average molecular weight is 239 g/mol. The van der Waals surface area contributed by atoms with E-state index < -0.39 is 5.97 Å². The first kappa shape index (κ1) is 11.0. The zero-order valence-corrected chi connectivity index (χ0v) is 10.00. The molecule has 1 heterocycles. The molecule has 0 aliphatic rings. The van der Waals surface area contributed by atoms with Gasteiger partial charge < -0.3 is 4.74 Å². The van der Waals surface area contributed by atoms with Crippen LogP contribution in [0, 0.1) is 6.92 Å². The van der Waals surface area contributed by atoms with Crippen LogP contribution in [0.4, 0.5) is 0 Å². The number of methoxy groups -OCH3 is 1. The minimum atomic E-state index is -0.391. The fourth-order valence-corrected chi connectivity index (χ4v) is 1.92. The Morgan fingerprint density at radius 1 is 1.56 bits per heavy atom. The number of benzene rings is 1. The van der Waals surface area contributed by atoms with E-state index in [1.165, 1.54) is 7.11 Å². The molecule has 0 saturated heterocycles. The Bertz CT molecular complexity index is 575. The summed E-state index contributed by atoms with van der Waals surface area (Å²) in [5.41, 5.74) is 1.89. The highest BCUT2D eigenvalue weighted by molar-refractivity contribution is 6.33. The SMILES string of the molecule is COC(=O)c1c(C)c(Cl)cc2nn(C)cc12. The smallest absolute Gasteiger partial charge is 0.338 e. The molecular weight excluding hydrogens is 228 g/mol. The average Bonchev–Trinajstić information content (AvgIpc) is 2.59. The van der Waals surface area contributed by atoms with Crippen LogP contribution in [0.5, 0.6) is 0 Å². The van der Waals surface area contributed by atoms with Crippen LogP contribution < -0.4 is 0 Å². The molecule has 0 aliphatic carbocycles. The van der Waals surface area contributed by atoms with Gasteiger partial charge in [0.15, 0.2) is 0 Å². The van der Waals surface area contributed by atoms with Gasteiger partial charge in [-0.15, -0.1) is 0 Å². The maximum Gasteiger partial charge on any atom is 0.338 e. The van der Waals surface area contributed by atoms with E-state index >= 15 is 0 Å². The minimum Gasteiger partial charge on any atom is -0.465 e. The molecule has 0 N–H and O–H groups in total. The first-order chi connectivity index (χ1) is 7.54. The number of fused-ring (bicyclic) bond motifs is 1. The molecule has 1 aromatic carbocycles. The summed E-state index contributed by atoms with van der Waals surface area (Å²) in [7, 11) is 3.15. The molecule has 84 valence electrons. The van der Waals surface area contributed by atoms with Crippen molar-refractivity contribution in [2.45, 2.75) is 6.92 Å². The summed E-state index contributed by atoms with van der Waals surface area (Å²) >= 11 is 6.05. The Labute approximate surface area is 97.8 Å². The lowest BCUT2D eigenvalue weighted by atomic mass is 10.0. The fourth-order valence-electron chi connectivity index (χ4n) is 1.72. The molecule has 0 spiro atoms. The summed E-state index contributed by atoms with van der Waals surface area (Å²) < 4.78 is 6.40. The van der Waals surface area contributed by atoms with Crippen LogP contribution in [0.3, 0.4) is 0 Å². The van der Waals surface area contributed by atoms with Crippen molar-refractivity contribution in [3.8, 4) is 0 Å². The van der Waals surface area contributed by atoms with E-state index in [-0.39, 0.29) is 0 Å². The van der Waals surface area contributed by atoms with E-state index in [4.69, 9.17) is 16.3 Å². The van der Waals surface area contributed by atoms with Gasteiger partial charge in [0.05, 0.1) is 18.2 Å². The number of nitrogens with zero attached hydrogens (tertiary/aromatic N) is 2. The molecule has 5 heteroatoms. The zero-order valence-electron chi connectivity index (χ0n) is 9.24. The van der Waals surface area contributed by atoms with Crippen LogP contribution in [0.25, 0.3) is 10.9 Å². The van der Waals surface area contributed by atoms with Gasteiger partial charge in [-0.25, -0.2) is 4.79 Å². The standard InChI is InChI=1S/C11H11ClN2O2/c1-6-8(12)4-9-7(5-14(2)13-9)10(6)11(15)16-3/h4-5H,1-3H3. The van der Waals surface area contributed by atoms with Crippen LogP contribution in [0.2, 0.25) is 5.02 Å². The van der Waals surface area contributed by atoms with Crippen molar-refractivity contribution in [3.05, 3.63) is 28.4 Å². The number of carbonyl (C=O) groups is 1. The van der Waals surface area contributed by atoms with Gasteiger partial charge in [0.1, 0.15) is 0 Å². The molecule has 16 heavy (non-hydrogen) atoms. The molecule has 1 aromatic heterocycles. The van der Waals surface area contributed by atoms with E-state index in [0.717, 1.165) is 5.39 Å². The summed E-state index contributed by atoms with van der Waals surface area (Å²) in [5.74, 6) is -0.391. The molecular formula is C11H11ClN2O2. The Hall–Kier alpha value is -1.55. The van der Waals surface area contributed by atoms with Crippen LogP contribution >= 0.6 is 11.6 Å². The van der Waals surface area contributed by atoms with Gasteiger partial charge in [-0.05, 0) is 18.6 Å².